The Kier molecular flexibility index (Phi) is 5.80. The lowest BCUT2D eigenvalue weighted by atomic mass is 10.2. The molecule has 2 N–H and O–H groups in total. The second-order valence-electron chi connectivity index (χ2n) is 4.48. The van der Waals surface area contributed by atoms with E-state index in [9.17, 15) is 9.59 Å². The van der Waals surface area contributed by atoms with Crippen molar-refractivity contribution in [1.82, 2.24) is 0 Å². The number of methoxy groups -OCH3 is 2. The van der Waals surface area contributed by atoms with Crippen molar-refractivity contribution in [2.45, 2.75) is 0 Å². The molecule has 0 atom stereocenters. The Morgan fingerprint density at radius 1 is 0.913 bits per heavy atom. The maximum absolute atomic E-state index is 12.0. The summed E-state index contributed by atoms with van der Waals surface area (Å²) < 4.78 is 11.3. The SMILES string of the molecule is COc1ccc(OC)c(NC(=O)C(=O)Nc2ccc(I)cc2)c1. The molecule has 0 aliphatic carbocycles. The third-order valence-corrected chi connectivity index (χ3v) is 3.68. The molecule has 0 aliphatic heterocycles. The smallest absolute Gasteiger partial charge is 0.314 e. The van der Waals surface area contributed by atoms with Gasteiger partial charge in [-0.05, 0) is 59.0 Å². The van der Waals surface area contributed by atoms with E-state index in [1.165, 1.54) is 14.2 Å². The number of carbonyl (C=O) groups excluding carboxylic acids is 2. The molecule has 0 bridgehead atoms. The van der Waals surface area contributed by atoms with Gasteiger partial charge in [0.2, 0.25) is 0 Å². The fourth-order valence-corrected chi connectivity index (χ4v) is 2.17. The lowest BCUT2D eigenvalue weighted by Crippen LogP contribution is -2.29. The summed E-state index contributed by atoms with van der Waals surface area (Å²) in [5.74, 6) is -0.591. The van der Waals surface area contributed by atoms with E-state index in [2.05, 4.69) is 33.2 Å². The van der Waals surface area contributed by atoms with Crippen LogP contribution < -0.4 is 20.1 Å². The third kappa shape index (κ3) is 4.59. The largest absolute Gasteiger partial charge is 0.497 e. The van der Waals surface area contributed by atoms with Gasteiger partial charge in [0.15, 0.2) is 0 Å². The fourth-order valence-electron chi connectivity index (χ4n) is 1.81. The van der Waals surface area contributed by atoms with Crippen molar-refractivity contribution in [2.24, 2.45) is 0 Å². The summed E-state index contributed by atoms with van der Waals surface area (Å²) in [4.78, 5) is 24.0. The number of ether oxygens (including phenoxy) is 2. The highest BCUT2D eigenvalue weighted by molar-refractivity contribution is 14.1. The molecule has 0 radical (unpaired) electrons. The maximum Gasteiger partial charge on any atom is 0.314 e. The predicted octanol–water partition coefficient (Wildman–Crippen LogP) is 2.89. The van der Waals surface area contributed by atoms with Crippen LogP contribution in [0, 0.1) is 3.57 Å². The molecule has 2 aromatic rings. The summed E-state index contributed by atoms with van der Waals surface area (Å²) in [5.41, 5.74) is 0.901. The topological polar surface area (TPSA) is 76.7 Å². The number of carbonyl (C=O) groups is 2. The Morgan fingerprint density at radius 3 is 2.17 bits per heavy atom. The van der Waals surface area contributed by atoms with Crippen molar-refractivity contribution in [2.75, 3.05) is 24.9 Å². The standard InChI is InChI=1S/C16H15IN2O4/c1-22-12-7-8-14(23-2)13(9-12)19-16(21)15(20)18-11-5-3-10(17)4-6-11/h3-9H,1-2H3,(H,18,20)(H,19,21). The number of hydrogen-bond acceptors (Lipinski definition) is 4. The van der Waals surface area contributed by atoms with Crippen molar-refractivity contribution in [3.8, 4) is 11.5 Å². The highest BCUT2D eigenvalue weighted by Gasteiger charge is 2.16. The van der Waals surface area contributed by atoms with Gasteiger partial charge in [0.25, 0.3) is 0 Å². The van der Waals surface area contributed by atoms with Crippen LogP contribution in [0.1, 0.15) is 0 Å². The molecule has 2 aromatic carbocycles. The normalized spacial score (nSPS) is 9.87. The van der Waals surface area contributed by atoms with Crippen molar-refractivity contribution in [1.29, 1.82) is 0 Å². The zero-order valence-electron chi connectivity index (χ0n) is 12.6. The van der Waals surface area contributed by atoms with Crippen molar-refractivity contribution in [3.63, 3.8) is 0 Å². The van der Waals surface area contributed by atoms with Crippen LogP contribution in [0.25, 0.3) is 0 Å². The molecule has 0 spiro atoms. The Balaban J connectivity index is 2.08. The third-order valence-electron chi connectivity index (χ3n) is 2.96. The number of nitrogens with one attached hydrogen (secondary N) is 2. The summed E-state index contributed by atoms with van der Waals surface area (Å²) in [6.07, 6.45) is 0. The number of benzene rings is 2. The molecule has 6 nitrogen and oxygen atoms in total. The Hall–Kier alpha value is -2.29. The summed E-state index contributed by atoms with van der Waals surface area (Å²) in [7, 11) is 2.99. The molecule has 120 valence electrons. The van der Waals surface area contributed by atoms with Crippen LogP contribution in [0.2, 0.25) is 0 Å². The lowest BCUT2D eigenvalue weighted by Gasteiger charge is -2.11. The second kappa shape index (κ2) is 7.82. The molecule has 0 fully saturated rings. The number of hydrogen-bond donors (Lipinski definition) is 2. The van der Waals surface area contributed by atoms with Crippen LogP contribution in [0.15, 0.2) is 42.5 Å². The molecule has 0 aromatic heterocycles. The number of rotatable bonds is 4. The minimum absolute atomic E-state index is 0.356. The van der Waals surface area contributed by atoms with Crippen LogP contribution >= 0.6 is 22.6 Å². The molecule has 0 unspecified atom stereocenters. The Labute approximate surface area is 147 Å². The lowest BCUT2D eigenvalue weighted by molar-refractivity contribution is -0.133. The van der Waals surface area contributed by atoms with Crippen molar-refractivity contribution < 1.29 is 19.1 Å². The van der Waals surface area contributed by atoms with Gasteiger partial charge in [-0.1, -0.05) is 0 Å². The van der Waals surface area contributed by atoms with Crippen molar-refractivity contribution in [3.05, 3.63) is 46.0 Å². The summed E-state index contributed by atoms with van der Waals surface area (Å²) in [5, 5.41) is 5.04. The quantitative estimate of drug-likeness (QED) is 0.583. The van der Waals surface area contributed by atoms with Crippen LogP contribution in [0.4, 0.5) is 11.4 Å². The fraction of sp³-hybridized carbons (Fsp3) is 0.125. The van der Waals surface area contributed by atoms with Crippen LogP contribution in [0.5, 0.6) is 11.5 Å². The number of anilines is 2. The molecule has 0 aliphatic rings. The van der Waals surface area contributed by atoms with Gasteiger partial charge in [0, 0.05) is 15.3 Å². The molecule has 2 rings (SSSR count). The van der Waals surface area contributed by atoms with E-state index < -0.39 is 11.8 Å². The summed E-state index contributed by atoms with van der Waals surface area (Å²) in [6, 6.07) is 12.0. The molecule has 0 saturated heterocycles. The first-order valence-corrected chi connectivity index (χ1v) is 7.71. The zero-order chi connectivity index (χ0) is 16.8. The van der Waals surface area contributed by atoms with Gasteiger partial charge >= 0.3 is 11.8 Å². The zero-order valence-corrected chi connectivity index (χ0v) is 14.7. The van der Waals surface area contributed by atoms with E-state index in [0.717, 1.165) is 3.57 Å². The number of halogens is 1. The van der Waals surface area contributed by atoms with E-state index in [1.807, 2.05) is 12.1 Å². The van der Waals surface area contributed by atoms with Crippen LogP contribution in [0.3, 0.4) is 0 Å². The van der Waals surface area contributed by atoms with Crippen molar-refractivity contribution >= 4 is 45.8 Å². The van der Waals surface area contributed by atoms with E-state index in [1.54, 1.807) is 30.3 Å². The average Bonchev–Trinajstić information content (AvgIpc) is 2.56. The van der Waals surface area contributed by atoms with Gasteiger partial charge in [0.1, 0.15) is 11.5 Å². The van der Waals surface area contributed by atoms with E-state index in [4.69, 9.17) is 9.47 Å². The molecule has 0 heterocycles. The maximum atomic E-state index is 12.0. The van der Waals surface area contributed by atoms with Gasteiger partial charge in [-0.15, -0.1) is 0 Å². The molecule has 7 heteroatoms. The first-order valence-electron chi connectivity index (χ1n) is 6.63. The van der Waals surface area contributed by atoms with E-state index in [0.29, 0.717) is 22.9 Å². The Morgan fingerprint density at radius 2 is 1.57 bits per heavy atom. The first-order chi connectivity index (χ1) is 11.0. The minimum atomic E-state index is -0.796. The van der Waals surface area contributed by atoms with Gasteiger partial charge in [-0.2, -0.15) is 0 Å². The van der Waals surface area contributed by atoms with Gasteiger partial charge in [0.05, 0.1) is 19.9 Å². The molecular formula is C16H15IN2O4. The minimum Gasteiger partial charge on any atom is -0.497 e. The highest BCUT2D eigenvalue weighted by atomic mass is 127. The monoisotopic (exact) mass is 426 g/mol. The molecular weight excluding hydrogens is 411 g/mol. The molecule has 23 heavy (non-hydrogen) atoms. The van der Waals surface area contributed by atoms with E-state index >= 15 is 0 Å². The molecule has 0 saturated carbocycles. The summed E-state index contributed by atoms with van der Waals surface area (Å²) >= 11 is 2.16. The van der Waals surface area contributed by atoms with Gasteiger partial charge < -0.3 is 20.1 Å². The highest BCUT2D eigenvalue weighted by Crippen LogP contribution is 2.28. The molecule has 2 amide bonds. The Bertz CT molecular complexity index is 717. The average molecular weight is 426 g/mol. The van der Waals surface area contributed by atoms with Crippen LogP contribution in [-0.2, 0) is 9.59 Å². The van der Waals surface area contributed by atoms with Gasteiger partial charge in [-0.25, -0.2) is 0 Å². The summed E-state index contributed by atoms with van der Waals surface area (Å²) in [6.45, 7) is 0. The second-order valence-corrected chi connectivity index (χ2v) is 5.73. The number of amides is 2. The first kappa shape index (κ1) is 17.1. The predicted molar refractivity (Wildman–Crippen MR) is 96.0 cm³/mol. The van der Waals surface area contributed by atoms with Crippen LogP contribution in [-0.4, -0.2) is 26.0 Å². The van der Waals surface area contributed by atoms with Gasteiger partial charge in [-0.3, -0.25) is 9.59 Å². The van der Waals surface area contributed by atoms with E-state index in [-0.39, 0.29) is 0 Å².